The summed E-state index contributed by atoms with van der Waals surface area (Å²) >= 11 is 0. The third kappa shape index (κ3) is 18.4. The van der Waals surface area contributed by atoms with Crippen molar-refractivity contribution in [2.45, 2.75) is 202 Å². The Hall–Kier alpha value is -6.76. The number of esters is 1. The molecule has 80 heavy (non-hydrogen) atoms. The summed E-state index contributed by atoms with van der Waals surface area (Å²) in [5.41, 5.74) is 10.9. The van der Waals surface area contributed by atoms with Gasteiger partial charge >= 0.3 is 17.9 Å². The molecule has 8 amide bonds. The molecule has 0 bridgehead atoms. The summed E-state index contributed by atoms with van der Waals surface area (Å²) < 4.78 is 5.65. The van der Waals surface area contributed by atoms with Gasteiger partial charge in [0, 0.05) is 26.2 Å². The van der Waals surface area contributed by atoms with Gasteiger partial charge in [0.25, 0.3) is 0 Å². The SMILES string of the molecule is CC(C)CCCCCCCCC1CC(=O)N[C@@H]([C@@H](C)O)C(=O)N2CCC[C@H]2C(=O)N2CCC[C@H]2C(=O)N[C@@H](CCCN=C(N)N)C(=O)NC(C(O)C(=O)O)C(=O)N[C@@H](CO)C(=O)N2CCC(O)[C@H]2C(=O)N[C@@H](C(O)C(=O)O)C(=O)O1. The zero-order valence-corrected chi connectivity index (χ0v) is 45.4. The fourth-order valence-electron chi connectivity index (χ4n) is 10.2. The summed E-state index contributed by atoms with van der Waals surface area (Å²) in [7, 11) is 0. The number of carboxylic acids is 2. The van der Waals surface area contributed by atoms with Crippen LogP contribution in [0, 0.1) is 5.92 Å². The van der Waals surface area contributed by atoms with E-state index < -0.39 is 164 Å². The van der Waals surface area contributed by atoms with Crippen molar-refractivity contribution in [1.29, 1.82) is 0 Å². The van der Waals surface area contributed by atoms with Crippen LogP contribution in [0.15, 0.2) is 4.99 Å². The van der Waals surface area contributed by atoms with Gasteiger partial charge in [0.1, 0.15) is 48.4 Å². The van der Waals surface area contributed by atoms with E-state index in [0.717, 1.165) is 37.0 Å². The monoisotopic (exact) mass is 1140 g/mol. The number of carbonyl (C=O) groups excluding carboxylic acids is 9. The molecule has 4 aliphatic heterocycles. The van der Waals surface area contributed by atoms with Crippen LogP contribution in [0.4, 0.5) is 0 Å². The molecule has 30 nitrogen and oxygen atoms in total. The Kier molecular flexibility index (Phi) is 25.7. The average molecular weight is 1140 g/mol. The van der Waals surface area contributed by atoms with Crippen molar-refractivity contribution in [2.75, 3.05) is 32.8 Å². The standard InChI is InChI=1S/C50H81N11O19/c1-25(2)13-8-6-4-5-7-9-14-27-23-33(65)56-34(26(3)63)46(74)60-21-12-17-31(60)45(73)59-20-11-16-30(59)41(69)54-28(15-10-19-53-50(51)52)40(68)57-35(38(66)47(75)76)42(70)55-29(24-62)44(72)61-22-18-32(64)37(61)43(71)58-36(49(79)80-27)39(67)48(77)78/h25-32,34-39,62-64,66-67H,4-24H2,1-3H3,(H,54,69)(H,55,70)(H,56,65)(H,57,68)(H,58,71)(H,75,76)(H,77,78)(H4,51,52,53)/t26-,27?,28+,29+,30+,31+,32?,34+,35?,36+,37+,38?,39?/m1/s1. The maximum absolute atomic E-state index is 14.4. The van der Waals surface area contributed by atoms with Crippen LogP contribution in [0.3, 0.4) is 0 Å². The number of hydrogen-bond donors (Lipinski definition) is 14. The molecular formula is C50H81N11O19. The van der Waals surface area contributed by atoms with Gasteiger partial charge in [-0.3, -0.25) is 43.3 Å². The number of aliphatic hydroxyl groups excluding tert-OH is 5. The second kappa shape index (κ2) is 31.3. The lowest BCUT2D eigenvalue weighted by Gasteiger charge is -2.34. The van der Waals surface area contributed by atoms with Crippen molar-refractivity contribution in [3.63, 3.8) is 0 Å². The van der Waals surface area contributed by atoms with Crippen molar-refractivity contribution in [2.24, 2.45) is 22.4 Å². The fourth-order valence-corrected chi connectivity index (χ4v) is 10.2. The third-order valence-electron chi connectivity index (χ3n) is 14.5. The predicted octanol–water partition coefficient (Wildman–Crippen LogP) is -5.24. The van der Waals surface area contributed by atoms with Gasteiger partial charge in [-0.2, -0.15) is 0 Å². The Morgan fingerprint density at radius 2 is 1.20 bits per heavy atom. The van der Waals surface area contributed by atoms with E-state index >= 15 is 0 Å². The molecule has 13 atom stereocenters. The van der Waals surface area contributed by atoms with E-state index in [0.29, 0.717) is 23.7 Å². The number of ether oxygens (including phenoxy) is 1. The minimum absolute atomic E-state index is 0.00851. The zero-order chi connectivity index (χ0) is 59.5. The minimum Gasteiger partial charge on any atom is -0.479 e. The number of fused-ring (bicyclic) bond motifs is 3. The first-order valence-electron chi connectivity index (χ1n) is 27.3. The van der Waals surface area contributed by atoms with E-state index in [1.807, 2.05) is 10.6 Å². The van der Waals surface area contributed by atoms with Crippen LogP contribution in [0.25, 0.3) is 0 Å². The molecule has 30 heteroatoms. The second-order valence-corrected chi connectivity index (χ2v) is 21.1. The van der Waals surface area contributed by atoms with E-state index in [-0.39, 0.29) is 77.0 Å². The number of aliphatic carboxylic acids is 2. The molecule has 4 fully saturated rings. The summed E-state index contributed by atoms with van der Waals surface area (Å²) in [5.74, 6) is -14.6. The van der Waals surface area contributed by atoms with Crippen LogP contribution in [0.1, 0.15) is 124 Å². The van der Waals surface area contributed by atoms with Crippen molar-refractivity contribution < 1.29 is 93.2 Å². The predicted molar refractivity (Wildman–Crippen MR) is 277 cm³/mol. The van der Waals surface area contributed by atoms with Gasteiger partial charge in [-0.15, -0.1) is 0 Å². The molecule has 5 unspecified atom stereocenters. The van der Waals surface area contributed by atoms with Crippen molar-refractivity contribution in [1.82, 2.24) is 41.3 Å². The number of hydrogen-bond acceptors (Lipinski definition) is 18. The van der Waals surface area contributed by atoms with Gasteiger partial charge < -0.3 is 93.2 Å². The van der Waals surface area contributed by atoms with E-state index in [1.54, 1.807) is 0 Å². The van der Waals surface area contributed by atoms with Crippen molar-refractivity contribution in [3.05, 3.63) is 0 Å². The number of carboxylic acid groups (broad SMARTS) is 2. The third-order valence-corrected chi connectivity index (χ3v) is 14.5. The molecule has 16 N–H and O–H groups in total. The summed E-state index contributed by atoms with van der Waals surface area (Å²) in [6.45, 7) is 3.54. The highest BCUT2D eigenvalue weighted by Gasteiger charge is 2.48. The molecule has 0 saturated carbocycles. The van der Waals surface area contributed by atoms with E-state index in [9.17, 15) is 88.5 Å². The highest BCUT2D eigenvalue weighted by Crippen LogP contribution is 2.27. The number of nitrogens with one attached hydrogen (secondary N) is 5. The van der Waals surface area contributed by atoms with Gasteiger partial charge in [-0.05, 0) is 70.6 Å². The lowest BCUT2D eigenvalue weighted by atomic mass is 10.0. The fraction of sp³-hybridized carbons (Fsp3) is 0.760. The molecule has 0 aliphatic carbocycles. The Morgan fingerprint density at radius 3 is 1.80 bits per heavy atom. The van der Waals surface area contributed by atoms with Crippen LogP contribution in [-0.4, -0.2) is 233 Å². The van der Waals surface area contributed by atoms with Gasteiger partial charge in [-0.1, -0.05) is 52.4 Å². The molecule has 4 saturated heterocycles. The summed E-state index contributed by atoms with van der Waals surface area (Å²) in [6.07, 6.45) is -5.47. The molecule has 0 spiro atoms. The van der Waals surface area contributed by atoms with E-state index in [2.05, 4.69) is 34.8 Å². The summed E-state index contributed by atoms with van der Waals surface area (Å²) in [4.78, 5) is 158. The smallest absolute Gasteiger partial charge is 0.335 e. The second-order valence-electron chi connectivity index (χ2n) is 21.1. The Labute approximate surface area is 462 Å². The molecule has 0 aromatic heterocycles. The van der Waals surface area contributed by atoms with Crippen LogP contribution in [-0.2, 0) is 57.5 Å². The topological polar surface area (TPSA) is 473 Å². The first-order valence-corrected chi connectivity index (χ1v) is 27.3. The molecule has 0 aromatic rings. The number of aliphatic hydroxyl groups is 5. The summed E-state index contributed by atoms with van der Waals surface area (Å²) in [5, 5.41) is 84.8. The number of cyclic esters (lactones) is 1. The average Bonchev–Trinajstić information content (AvgIpc) is 4.19. The van der Waals surface area contributed by atoms with Crippen LogP contribution in [0.2, 0.25) is 0 Å². The molecule has 4 heterocycles. The van der Waals surface area contributed by atoms with Crippen LogP contribution in [0.5, 0.6) is 0 Å². The number of unbranched alkanes of at least 4 members (excludes halogenated alkanes) is 5. The minimum atomic E-state index is -2.76. The zero-order valence-electron chi connectivity index (χ0n) is 45.4. The quantitative estimate of drug-likeness (QED) is 0.0249. The first kappa shape index (κ1) is 65.8. The number of nitrogens with zero attached hydrogens (tertiary/aromatic N) is 4. The molecule has 4 rings (SSSR count). The molecule has 4 aliphatic rings. The molecule has 0 aromatic carbocycles. The molecule has 0 radical (unpaired) electrons. The Bertz CT molecular complexity index is 2250. The number of aliphatic imine (C=N–C) groups is 1. The Morgan fingerprint density at radius 1 is 0.625 bits per heavy atom. The lowest BCUT2D eigenvalue weighted by Crippen LogP contribution is -2.64. The molecular weight excluding hydrogens is 1060 g/mol. The largest absolute Gasteiger partial charge is 0.479 e. The van der Waals surface area contributed by atoms with Crippen molar-refractivity contribution >= 4 is 71.1 Å². The summed E-state index contributed by atoms with van der Waals surface area (Å²) in [6, 6.07) is -14.9. The number of nitrogens with two attached hydrogens (primary N) is 2. The lowest BCUT2D eigenvalue weighted by molar-refractivity contribution is -0.165. The molecule has 450 valence electrons. The van der Waals surface area contributed by atoms with Gasteiger partial charge in [0.05, 0.1) is 25.2 Å². The normalized spacial score (nSPS) is 28.4. The van der Waals surface area contributed by atoms with Crippen molar-refractivity contribution in [3.8, 4) is 0 Å². The number of amides is 8. The number of rotatable bonds is 19. The van der Waals surface area contributed by atoms with Crippen LogP contribution < -0.4 is 38.1 Å². The van der Waals surface area contributed by atoms with Gasteiger partial charge in [0.15, 0.2) is 24.2 Å². The first-order chi connectivity index (χ1) is 37.8. The van der Waals surface area contributed by atoms with E-state index in [4.69, 9.17) is 16.2 Å². The van der Waals surface area contributed by atoms with Gasteiger partial charge in [-0.25, -0.2) is 14.4 Å². The highest BCUT2D eigenvalue weighted by molar-refractivity contribution is 6.00. The highest BCUT2D eigenvalue weighted by atomic mass is 16.5. The number of carbonyl (C=O) groups is 11. The maximum atomic E-state index is 14.4. The van der Waals surface area contributed by atoms with Gasteiger partial charge in [0.2, 0.25) is 47.3 Å². The number of guanidine groups is 1. The van der Waals surface area contributed by atoms with Crippen LogP contribution >= 0.6 is 0 Å². The Balaban J connectivity index is 1.79. The van der Waals surface area contributed by atoms with E-state index in [1.165, 1.54) is 11.8 Å². The maximum Gasteiger partial charge on any atom is 0.335 e.